The van der Waals surface area contributed by atoms with E-state index in [0.717, 1.165) is 0 Å². The van der Waals surface area contributed by atoms with Crippen molar-refractivity contribution in [2.75, 3.05) is 14.1 Å². The molecule has 1 nitrogen and oxygen atoms in total. The third-order valence-electron chi connectivity index (χ3n) is 3.99. The van der Waals surface area contributed by atoms with Crippen LogP contribution in [0.4, 0.5) is 0 Å². The van der Waals surface area contributed by atoms with Gasteiger partial charge in [-0.3, -0.25) is 0 Å². The Balaban J connectivity index is 2.34. The Labute approximate surface area is 133 Å². The Morgan fingerprint density at radius 3 is 1.00 bits per heavy atom. The van der Waals surface area contributed by atoms with Gasteiger partial charge in [0.25, 0.3) is 0 Å². The second kappa shape index (κ2) is 6.44. The van der Waals surface area contributed by atoms with Gasteiger partial charge in [0.2, 0.25) is 0 Å². The van der Waals surface area contributed by atoms with Gasteiger partial charge >= 0.3 is 0 Å². The summed E-state index contributed by atoms with van der Waals surface area (Å²) in [5.74, 6) is 0. The van der Waals surface area contributed by atoms with Crippen molar-refractivity contribution in [3.63, 3.8) is 0 Å². The third-order valence-corrected chi connectivity index (χ3v) is 8.33. The Hall–Kier alpha value is -1.95. The number of benzene rings is 3. The van der Waals surface area contributed by atoms with E-state index in [0.29, 0.717) is 0 Å². The normalized spacial score (nSPS) is 11.6. The molecule has 0 bridgehead atoms. The highest BCUT2D eigenvalue weighted by atomic mass is 31.2. The van der Waals surface area contributed by atoms with Crippen LogP contribution in [0.1, 0.15) is 0 Å². The van der Waals surface area contributed by atoms with Gasteiger partial charge in [0.1, 0.15) is 15.9 Å². The molecule has 0 N–H and O–H groups in total. The van der Waals surface area contributed by atoms with E-state index in [1.54, 1.807) is 0 Å². The zero-order valence-electron chi connectivity index (χ0n) is 13.1. The fourth-order valence-electron chi connectivity index (χ4n) is 3.07. The van der Waals surface area contributed by atoms with Crippen LogP contribution in [0.2, 0.25) is 0 Å². The van der Waals surface area contributed by atoms with E-state index in [9.17, 15) is 0 Å². The molecule has 0 heterocycles. The van der Waals surface area contributed by atoms with Crippen LogP contribution >= 0.6 is 7.41 Å². The summed E-state index contributed by atoms with van der Waals surface area (Å²) >= 11 is 0. The molecular weight excluding hydrogens is 285 g/mol. The van der Waals surface area contributed by atoms with E-state index in [-0.39, 0.29) is 0 Å². The van der Waals surface area contributed by atoms with E-state index in [2.05, 4.69) is 110 Å². The first-order valence-corrected chi connectivity index (χ1v) is 9.24. The highest BCUT2D eigenvalue weighted by Crippen LogP contribution is 2.56. The van der Waals surface area contributed by atoms with E-state index in [1.165, 1.54) is 15.9 Å². The maximum Gasteiger partial charge on any atom is 0.180 e. The molecule has 0 aliphatic rings. The molecule has 0 saturated heterocycles. The smallest absolute Gasteiger partial charge is 0.172 e. The van der Waals surface area contributed by atoms with Crippen molar-refractivity contribution in [2.24, 2.45) is 0 Å². The van der Waals surface area contributed by atoms with Crippen molar-refractivity contribution >= 4 is 23.3 Å². The van der Waals surface area contributed by atoms with Crippen molar-refractivity contribution in [3.8, 4) is 0 Å². The average molecular weight is 306 g/mol. The molecule has 110 valence electrons. The first-order valence-electron chi connectivity index (χ1n) is 7.50. The first-order chi connectivity index (χ1) is 10.8. The minimum atomic E-state index is -1.79. The molecule has 0 atom stereocenters. The van der Waals surface area contributed by atoms with E-state index >= 15 is 0 Å². The molecule has 0 aliphatic heterocycles. The van der Waals surface area contributed by atoms with Crippen LogP contribution in [0.15, 0.2) is 91.0 Å². The number of hydrogen-bond acceptors (Lipinski definition) is 1. The molecule has 0 amide bonds. The highest BCUT2D eigenvalue weighted by molar-refractivity contribution is 7.93. The lowest BCUT2D eigenvalue weighted by Crippen LogP contribution is -2.39. The maximum atomic E-state index is 2.41. The predicted molar refractivity (Wildman–Crippen MR) is 98.8 cm³/mol. The van der Waals surface area contributed by atoms with Crippen LogP contribution in [0, 0.1) is 0 Å². The van der Waals surface area contributed by atoms with Crippen LogP contribution in [0.3, 0.4) is 0 Å². The molecular formula is C20H21NP+. The molecule has 2 heteroatoms. The second-order valence-corrected chi connectivity index (χ2v) is 9.11. The lowest BCUT2D eigenvalue weighted by atomic mass is 10.4. The fourth-order valence-corrected chi connectivity index (χ4v) is 7.16. The van der Waals surface area contributed by atoms with Crippen LogP contribution in [0.25, 0.3) is 0 Å². The van der Waals surface area contributed by atoms with Gasteiger partial charge < -0.3 is 0 Å². The number of nitrogens with zero attached hydrogens (tertiary/aromatic N) is 1. The van der Waals surface area contributed by atoms with Crippen molar-refractivity contribution in [2.45, 2.75) is 0 Å². The summed E-state index contributed by atoms with van der Waals surface area (Å²) in [6, 6.07) is 32.6. The summed E-state index contributed by atoms with van der Waals surface area (Å²) in [4.78, 5) is 0. The predicted octanol–water partition coefficient (Wildman–Crippen LogP) is 3.46. The molecule has 0 radical (unpaired) electrons. The zero-order chi connectivity index (χ0) is 15.4. The van der Waals surface area contributed by atoms with E-state index < -0.39 is 7.41 Å². The Morgan fingerprint density at radius 2 is 0.773 bits per heavy atom. The summed E-state index contributed by atoms with van der Waals surface area (Å²) in [5, 5.41) is 4.16. The minimum Gasteiger partial charge on any atom is -0.172 e. The topological polar surface area (TPSA) is 3.24 Å². The van der Waals surface area contributed by atoms with Gasteiger partial charge in [-0.25, -0.2) is 0 Å². The first kappa shape index (κ1) is 15.0. The number of rotatable bonds is 4. The van der Waals surface area contributed by atoms with Crippen LogP contribution in [-0.4, -0.2) is 18.8 Å². The molecule has 0 fully saturated rings. The highest BCUT2D eigenvalue weighted by Gasteiger charge is 2.48. The molecule has 0 spiro atoms. The Morgan fingerprint density at radius 1 is 0.500 bits per heavy atom. The molecule has 3 aromatic carbocycles. The van der Waals surface area contributed by atoms with Gasteiger partial charge in [-0.15, -0.1) is 0 Å². The molecule has 0 aromatic heterocycles. The van der Waals surface area contributed by atoms with Crippen molar-refractivity contribution < 1.29 is 0 Å². The van der Waals surface area contributed by atoms with Gasteiger partial charge in [-0.05, 0) is 36.4 Å². The quantitative estimate of drug-likeness (QED) is 0.667. The van der Waals surface area contributed by atoms with Gasteiger partial charge in [-0.1, -0.05) is 54.6 Å². The molecule has 3 aromatic rings. The summed E-state index contributed by atoms with van der Waals surface area (Å²) in [5.41, 5.74) is 0. The van der Waals surface area contributed by atoms with Crippen LogP contribution < -0.4 is 15.9 Å². The summed E-state index contributed by atoms with van der Waals surface area (Å²) < 4.78 is 2.41. The molecule has 0 saturated carbocycles. The second-order valence-electron chi connectivity index (χ2n) is 5.49. The van der Waals surface area contributed by atoms with Crippen LogP contribution in [-0.2, 0) is 0 Å². The number of hydrogen-bond donors (Lipinski definition) is 0. The molecule has 22 heavy (non-hydrogen) atoms. The third kappa shape index (κ3) is 2.47. The standard InChI is InChI=1S/C20H21NP/c1-21(2)22(18-12-6-3-7-13-18,19-14-8-4-9-15-19)20-16-10-5-11-17-20/h3-17H,1-2H3/q+1. The molecule has 0 unspecified atom stereocenters. The molecule has 3 rings (SSSR count). The lowest BCUT2D eigenvalue weighted by Gasteiger charge is -2.32. The van der Waals surface area contributed by atoms with E-state index in [1.807, 2.05) is 0 Å². The van der Waals surface area contributed by atoms with Gasteiger partial charge in [0.05, 0.1) is 0 Å². The van der Waals surface area contributed by atoms with E-state index in [4.69, 9.17) is 0 Å². The van der Waals surface area contributed by atoms with Crippen molar-refractivity contribution in [1.29, 1.82) is 0 Å². The van der Waals surface area contributed by atoms with Crippen molar-refractivity contribution in [3.05, 3.63) is 91.0 Å². The fraction of sp³-hybridized carbons (Fsp3) is 0.100. The SMILES string of the molecule is CN(C)[P+](c1ccccc1)(c1ccccc1)c1ccccc1. The largest absolute Gasteiger partial charge is 0.180 e. The monoisotopic (exact) mass is 306 g/mol. The average Bonchev–Trinajstić information content (AvgIpc) is 2.58. The summed E-state index contributed by atoms with van der Waals surface area (Å²) in [6.45, 7) is 0. The summed E-state index contributed by atoms with van der Waals surface area (Å²) in [6.07, 6.45) is 0. The Kier molecular flexibility index (Phi) is 4.38. The zero-order valence-corrected chi connectivity index (χ0v) is 13.9. The van der Waals surface area contributed by atoms with Gasteiger partial charge in [0, 0.05) is 14.1 Å². The summed E-state index contributed by atoms with van der Waals surface area (Å²) in [7, 11) is 2.60. The molecule has 0 aliphatic carbocycles. The minimum absolute atomic E-state index is 1.39. The lowest BCUT2D eigenvalue weighted by molar-refractivity contribution is 0.681. The van der Waals surface area contributed by atoms with Crippen molar-refractivity contribution in [1.82, 2.24) is 4.67 Å². The van der Waals surface area contributed by atoms with Crippen LogP contribution in [0.5, 0.6) is 0 Å². The van der Waals surface area contributed by atoms with Gasteiger partial charge in [0.15, 0.2) is 7.41 Å². The van der Waals surface area contributed by atoms with Gasteiger partial charge in [-0.2, -0.15) is 4.67 Å². The Bertz CT molecular complexity index is 612. The maximum absolute atomic E-state index is 2.41.